The quantitative estimate of drug-likeness (QED) is 0.197. The summed E-state index contributed by atoms with van der Waals surface area (Å²) in [6.45, 7) is 12.7. The second-order valence-electron chi connectivity index (χ2n) is 13.5. The van der Waals surface area contributed by atoms with Gasteiger partial charge in [0.1, 0.15) is 11.8 Å². The Hall–Kier alpha value is -3.52. The summed E-state index contributed by atoms with van der Waals surface area (Å²) in [5, 5.41) is 27.4. The summed E-state index contributed by atoms with van der Waals surface area (Å²) in [6.07, 6.45) is -1.03. The SMILES string of the molecule is CC(C)CN(C[C@@H](O)[C@@H](Cc1ccccc1)NC(=O)[C@H](C(C)C)N1CCN(Cc2csc(C(C)C)n2)C1=O)S(=O)(=O)c1ccc(O)cc1. The van der Waals surface area contributed by atoms with Crippen LogP contribution in [0.4, 0.5) is 4.79 Å². The lowest BCUT2D eigenvalue weighted by Crippen LogP contribution is -2.57. The maximum Gasteiger partial charge on any atom is 0.321 e. The summed E-state index contributed by atoms with van der Waals surface area (Å²) in [4.78, 5) is 35.7. The predicted molar refractivity (Wildman–Crippen MR) is 187 cm³/mol. The maximum absolute atomic E-state index is 14.1. The van der Waals surface area contributed by atoms with Crippen LogP contribution in [0.1, 0.15) is 63.7 Å². The van der Waals surface area contributed by atoms with Gasteiger partial charge in [-0.05, 0) is 48.1 Å². The van der Waals surface area contributed by atoms with E-state index in [2.05, 4.69) is 24.1 Å². The van der Waals surface area contributed by atoms with E-state index in [1.165, 1.54) is 28.6 Å². The normalized spacial score (nSPS) is 15.9. The second-order valence-corrected chi connectivity index (χ2v) is 16.3. The molecule has 1 aliphatic rings. The Morgan fingerprint density at radius 3 is 2.25 bits per heavy atom. The molecular formula is C35H49N5O6S2. The highest BCUT2D eigenvalue weighted by Crippen LogP contribution is 2.25. The fourth-order valence-corrected chi connectivity index (χ4v) is 8.31. The van der Waals surface area contributed by atoms with Crippen LogP contribution in [0.3, 0.4) is 0 Å². The monoisotopic (exact) mass is 699 g/mol. The van der Waals surface area contributed by atoms with Gasteiger partial charge in [0.05, 0.1) is 34.3 Å². The first-order chi connectivity index (χ1) is 22.7. The number of aromatic hydroxyl groups is 1. The van der Waals surface area contributed by atoms with Crippen molar-refractivity contribution in [1.29, 1.82) is 0 Å². The van der Waals surface area contributed by atoms with Crippen molar-refractivity contribution in [3.63, 3.8) is 0 Å². The molecule has 0 spiro atoms. The highest BCUT2D eigenvalue weighted by atomic mass is 32.2. The average Bonchev–Trinajstić information content (AvgIpc) is 3.64. The van der Waals surface area contributed by atoms with Gasteiger partial charge in [-0.15, -0.1) is 11.3 Å². The number of aromatic nitrogens is 1. The number of carbonyl (C=O) groups excluding carboxylic acids is 2. The van der Waals surface area contributed by atoms with E-state index in [0.29, 0.717) is 25.6 Å². The summed E-state index contributed by atoms with van der Waals surface area (Å²) in [5.74, 6) is -0.455. The number of nitrogens with one attached hydrogen (secondary N) is 1. The Morgan fingerprint density at radius 1 is 1.00 bits per heavy atom. The number of sulfonamides is 1. The number of hydrogen-bond acceptors (Lipinski definition) is 8. The number of amides is 3. The van der Waals surface area contributed by atoms with E-state index in [1.54, 1.807) is 21.1 Å². The number of rotatable bonds is 16. The van der Waals surface area contributed by atoms with Crippen molar-refractivity contribution >= 4 is 33.3 Å². The number of phenols is 1. The topological polar surface area (TPSA) is 143 Å². The summed E-state index contributed by atoms with van der Waals surface area (Å²) in [6, 6.07) is 12.7. The number of urea groups is 1. The van der Waals surface area contributed by atoms with Gasteiger partial charge < -0.3 is 25.3 Å². The number of nitrogens with zero attached hydrogens (tertiary/aromatic N) is 4. The molecule has 4 rings (SSSR count). The molecule has 3 amide bonds. The first-order valence-electron chi connectivity index (χ1n) is 16.5. The third-order valence-corrected chi connectivity index (χ3v) is 11.3. The highest BCUT2D eigenvalue weighted by Gasteiger charge is 2.40. The Bertz CT molecular complexity index is 1610. The van der Waals surface area contributed by atoms with Crippen molar-refractivity contribution in [2.45, 2.75) is 83.5 Å². The Kier molecular flexibility index (Phi) is 12.6. The Labute approximate surface area is 288 Å². The summed E-state index contributed by atoms with van der Waals surface area (Å²) < 4.78 is 28.7. The van der Waals surface area contributed by atoms with Gasteiger partial charge in [0.25, 0.3) is 0 Å². The molecule has 1 fully saturated rings. The van der Waals surface area contributed by atoms with Gasteiger partial charge in [0, 0.05) is 37.5 Å². The molecule has 3 N–H and O–H groups in total. The predicted octanol–water partition coefficient (Wildman–Crippen LogP) is 4.67. The fraction of sp³-hybridized carbons (Fsp3) is 0.514. The van der Waals surface area contributed by atoms with Gasteiger partial charge in [-0.2, -0.15) is 4.31 Å². The number of thiazole rings is 1. The molecule has 3 aromatic rings. The molecule has 0 aliphatic carbocycles. The number of phenolic OH excluding ortho intramolecular Hbond substituents is 1. The molecule has 2 heterocycles. The molecule has 11 nitrogen and oxygen atoms in total. The van der Waals surface area contributed by atoms with Crippen LogP contribution >= 0.6 is 11.3 Å². The maximum atomic E-state index is 14.1. The number of carbonyl (C=O) groups is 2. The van der Waals surface area contributed by atoms with Crippen molar-refractivity contribution in [2.24, 2.45) is 11.8 Å². The molecule has 13 heteroatoms. The van der Waals surface area contributed by atoms with Gasteiger partial charge in [-0.3, -0.25) is 4.79 Å². The summed E-state index contributed by atoms with van der Waals surface area (Å²) >= 11 is 1.58. The third-order valence-electron chi connectivity index (χ3n) is 8.30. The van der Waals surface area contributed by atoms with Crippen molar-refractivity contribution in [3.8, 4) is 5.75 Å². The fourth-order valence-electron chi connectivity index (χ4n) is 5.87. The number of hydrogen-bond donors (Lipinski definition) is 3. The number of benzene rings is 2. The van der Waals surface area contributed by atoms with E-state index in [4.69, 9.17) is 0 Å². The molecule has 2 aromatic carbocycles. The van der Waals surface area contributed by atoms with Crippen LogP contribution in [-0.2, 0) is 27.8 Å². The minimum Gasteiger partial charge on any atom is -0.508 e. The molecule has 1 saturated heterocycles. The molecule has 1 aromatic heterocycles. The first-order valence-corrected chi connectivity index (χ1v) is 18.8. The molecular weight excluding hydrogens is 651 g/mol. The minimum atomic E-state index is -4.04. The van der Waals surface area contributed by atoms with Gasteiger partial charge >= 0.3 is 6.03 Å². The Balaban J connectivity index is 1.55. The zero-order valence-electron chi connectivity index (χ0n) is 28.6. The van der Waals surface area contributed by atoms with Crippen molar-refractivity contribution in [1.82, 2.24) is 24.4 Å². The Morgan fingerprint density at radius 2 is 1.67 bits per heavy atom. The number of aliphatic hydroxyl groups is 1. The second kappa shape index (κ2) is 16.3. The lowest BCUT2D eigenvalue weighted by Gasteiger charge is -2.34. The van der Waals surface area contributed by atoms with E-state index in [0.717, 1.165) is 16.3 Å². The van der Waals surface area contributed by atoms with Crippen LogP contribution in [-0.4, -0.2) is 94.0 Å². The highest BCUT2D eigenvalue weighted by molar-refractivity contribution is 7.89. The first kappa shape index (κ1) is 37.3. The van der Waals surface area contributed by atoms with Crippen LogP contribution in [0.25, 0.3) is 0 Å². The minimum absolute atomic E-state index is 0.00755. The van der Waals surface area contributed by atoms with Crippen LogP contribution in [0.15, 0.2) is 64.9 Å². The van der Waals surface area contributed by atoms with Gasteiger partial charge in [-0.1, -0.05) is 71.9 Å². The van der Waals surface area contributed by atoms with Crippen molar-refractivity contribution in [2.75, 3.05) is 26.2 Å². The van der Waals surface area contributed by atoms with Gasteiger partial charge in [0.2, 0.25) is 15.9 Å². The number of aliphatic hydroxyl groups excluding tert-OH is 1. The molecule has 1 aliphatic heterocycles. The molecule has 3 atom stereocenters. The lowest BCUT2D eigenvalue weighted by atomic mass is 9.97. The van der Waals surface area contributed by atoms with Crippen LogP contribution in [0.2, 0.25) is 0 Å². The molecule has 0 radical (unpaired) electrons. The molecule has 0 unspecified atom stereocenters. The van der Waals surface area contributed by atoms with Crippen LogP contribution in [0, 0.1) is 11.8 Å². The zero-order valence-corrected chi connectivity index (χ0v) is 30.2. The van der Waals surface area contributed by atoms with E-state index in [1.807, 2.05) is 63.4 Å². The van der Waals surface area contributed by atoms with Crippen LogP contribution < -0.4 is 5.32 Å². The molecule has 0 bridgehead atoms. The van der Waals surface area contributed by atoms with Gasteiger partial charge in [-0.25, -0.2) is 18.2 Å². The van der Waals surface area contributed by atoms with E-state index < -0.39 is 34.1 Å². The summed E-state index contributed by atoms with van der Waals surface area (Å²) in [7, 11) is -4.04. The van der Waals surface area contributed by atoms with E-state index in [-0.39, 0.29) is 48.0 Å². The van der Waals surface area contributed by atoms with Crippen molar-refractivity contribution in [3.05, 3.63) is 76.2 Å². The van der Waals surface area contributed by atoms with Crippen LogP contribution in [0.5, 0.6) is 5.75 Å². The van der Waals surface area contributed by atoms with Crippen molar-refractivity contribution < 1.29 is 28.2 Å². The molecule has 0 saturated carbocycles. The molecule has 262 valence electrons. The third kappa shape index (κ3) is 9.34. The van der Waals surface area contributed by atoms with E-state index in [9.17, 15) is 28.2 Å². The molecule has 48 heavy (non-hydrogen) atoms. The van der Waals surface area contributed by atoms with Gasteiger partial charge in [0.15, 0.2) is 0 Å². The van der Waals surface area contributed by atoms with E-state index >= 15 is 0 Å². The standard InChI is InChI=1S/C35H49N5O6S2/c1-23(2)19-39(48(45,46)29-14-12-28(41)13-15-29)21-31(42)30(18-26-10-8-7-9-11-26)37-33(43)32(24(3)4)40-17-16-38(35(40)44)20-27-22-47-34(36-27)25(5)6/h7-15,22-25,30-32,41-42H,16-21H2,1-6H3,(H,37,43)/t30-,31-,32+/m1/s1. The lowest BCUT2D eigenvalue weighted by molar-refractivity contribution is -0.128. The zero-order chi connectivity index (χ0) is 35.2. The summed E-state index contributed by atoms with van der Waals surface area (Å²) in [5.41, 5.74) is 1.68. The average molecular weight is 700 g/mol. The smallest absolute Gasteiger partial charge is 0.321 e. The largest absolute Gasteiger partial charge is 0.508 e.